The molecule has 31 heavy (non-hydrogen) atoms. The summed E-state index contributed by atoms with van der Waals surface area (Å²) in [7, 11) is 1.66. The fraction of sp³-hybridized carbons (Fsp3) is 0.333. The first-order chi connectivity index (χ1) is 15.2. The lowest BCUT2D eigenvalue weighted by molar-refractivity contribution is 0.200. The highest BCUT2D eigenvalue weighted by atomic mass is 32.1. The largest absolute Gasteiger partial charge is 0.493 e. The van der Waals surface area contributed by atoms with E-state index in [1.807, 2.05) is 42.6 Å². The zero-order valence-corrected chi connectivity index (χ0v) is 18.3. The molecule has 1 aliphatic heterocycles. The molecule has 0 unspecified atom stereocenters. The van der Waals surface area contributed by atoms with E-state index in [0.717, 1.165) is 50.7 Å². The number of aromatic nitrogens is 1. The number of amides is 2. The van der Waals surface area contributed by atoms with Crippen molar-refractivity contribution in [3.05, 3.63) is 59.2 Å². The Hall–Kier alpha value is -3.06. The van der Waals surface area contributed by atoms with Gasteiger partial charge in [-0.25, -0.2) is 9.78 Å². The Balaban J connectivity index is 1.40. The summed E-state index contributed by atoms with van der Waals surface area (Å²) in [5, 5.41) is 3.89. The molecule has 0 spiro atoms. The van der Waals surface area contributed by atoms with Gasteiger partial charge in [-0.05, 0) is 61.1 Å². The van der Waals surface area contributed by atoms with Crippen molar-refractivity contribution >= 4 is 33.2 Å². The lowest BCUT2D eigenvalue weighted by Crippen LogP contribution is -2.41. The molecule has 160 valence electrons. The molecule has 0 saturated heterocycles. The van der Waals surface area contributed by atoms with Crippen LogP contribution in [0.15, 0.2) is 48.7 Å². The summed E-state index contributed by atoms with van der Waals surface area (Å²) in [5.74, 6) is 1.50. The molecule has 3 aromatic rings. The van der Waals surface area contributed by atoms with Gasteiger partial charge in [0.1, 0.15) is 5.01 Å². The number of nitrogens with one attached hydrogen (secondary N) is 1. The molecule has 1 aliphatic carbocycles. The molecule has 1 saturated carbocycles. The van der Waals surface area contributed by atoms with E-state index in [9.17, 15) is 4.79 Å². The first kappa shape index (κ1) is 19.9. The minimum atomic E-state index is -0.112. The molecule has 0 radical (unpaired) electrons. The van der Waals surface area contributed by atoms with Crippen LogP contribution in [-0.4, -0.2) is 35.7 Å². The van der Waals surface area contributed by atoms with Gasteiger partial charge >= 0.3 is 6.03 Å². The average Bonchev–Trinajstić information content (AvgIpc) is 3.44. The summed E-state index contributed by atoms with van der Waals surface area (Å²) < 4.78 is 12.9. The van der Waals surface area contributed by atoms with Gasteiger partial charge in [0.25, 0.3) is 0 Å². The maximum atomic E-state index is 12.5. The van der Waals surface area contributed by atoms with Gasteiger partial charge in [0.05, 0.1) is 30.0 Å². The van der Waals surface area contributed by atoms with Crippen LogP contribution in [-0.2, 0) is 6.54 Å². The molecule has 0 bridgehead atoms. The standard InChI is InChI=1S/C24H25N3O3S/c1-29-20-11-10-16(12-21(20)30-18-6-2-3-7-18)17-13-25-24(28)27(14-17)15-23-26-19-8-4-5-9-22(19)31-23/h4-5,8-12,14,18H,2-3,6-7,13,15H2,1H3,(H,25,28). The van der Waals surface area contributed by atoms with E-state index in [4.69, 9.17) is 9.47 Å². The van der Waals surface area contributed by atoms with Crippen molar-refractivity contribution < 1.29 is 14.3 Å². The van der Waals surface area contributed by atoms with Crippen LogP contribution in [0.1, 0.15) is 36.3 Å². The van der Waals surface area contributed by atoms with Crippen LogP contribution in [0.3, 0.4) is 0 Å². The van der Waals surface area contributed by atoms with Crippen molar-refractivity contribution in [2.75, 3.05) is 13.7 Å². The van der Waals surface area contributed by atoms with Crippen LogP contribution in [0.5, 0.6) is 11.5 Å². The number of thiazole rings is 1. The number of hydrogen-bond donors (Lipinski definition) is 1. The second-order valence-electron chi connectivity index (χ2n) is 7.91. The van der Waals surface area contributed by atoms with Gasteiger partial charge in [-0.1, -0.05) is 18.2 Å². The number of rotatable bonds is 6. The van der Waals surface area contributed by atoms with Crippen LogP contribution in [0, 0.1) is 0 Å². The van der Waals surface area contributed by atoms with E-state index in [1.165, 1.54) is 12.8 Å². The molecule has 6 nitrogen and oxygen atoms in total. The summed E-state index contributed by atoms with van der Waals surface area (Å²) in [5.41, 5.74) is 3.01. The van der Waals surface area contributed by atoms with E-state index >= 15 is 0 Å². The number of urea groups is 1. The molecule has 0 atom stereocenters. The molecule has 2 aromatic carbocycles. The van der Waals surface area contributed by atoms with Crippen molar-refractivity contribution in [2.45, 2.75) is 38.3 Å². The summed E-state index contributed by atoms with van der Waals surface area (Å²) in [6.45, 7) is 0.917. The Morgan fingerprint density at radius 3 is 2.81 bits per heavy atom. The second kappa shape index (κ2) is 8.59. The number of ether oxygens (including phenoxy) is 2. The first-order valence-electron chi connectivity index (χ1n) is 10.6. The summed E-state index contributed by atoms with van der Waals surface area (Å²) in [6, 6.07) is 13.9. The number of carbonyl (C=O) groups is 1. The molecule has 1 fully saturated rings. The van der Waals surface area contributed by atoms with Gasteiger partial charge in [0, 0.05) is 12.7 Å². The van der Waals surface area contributed by atoms with Crippen molar-refractivity contribution in [2.24, 2.45) is 0 Å². The van der Waals surface area contributed by atoms with Gasteiger partial charge in [-0.2, -0.15) is 0 Å². The fourth-order valence-electron chi connectivity index (χ4n) is 4.15. The quantitative estimate of drug-likeness (QED) is 0.579. The van der Waals surface area contributed by atoms with Crippen molar-refractivity contribution in [3.8, 4) is 11.5 Å². The maximum Gasteiger partial charge on any atom is 0.322 e. The Bertz CT molecular complexity index is 1100. The molecule has 2 aliphatic rings. The predicted octanol–water partition coefficient (Wildman–Crippen LogP) is 5.19. The second-order valence-corrected chi connectivity index (χ2v) is 9.02. The van der Waals surface area contributed by atoms with Gasteiger partial charge in [0.15, 0.2) is 11.5 Å². The number of para-hydroxylation sites is 1. The van der Waals surface area contributed by atoms with Gasteiger partial charge < -0.3 is 14.8 Å². The van der Waals surface area contributed by atoms with Crippen molar-refractivity contribution in [1.82, 2.24) is 15.2 Å². The lowest BCUT2D eigenvalue weighted by Gasteiger charge is -2.26. The zero-order valence-electron chi connectivity index (χ0n) is 17.5. The van der Waals surface area contributed by atoms with Gasteiger partial charge in [-0.15, -0.1) is 11.3 Å². The van der Waals surface area contributed by atoms with E-state index in [-0.39, 0.29) is 12.1 Å². The molecular formula is C24H25N3O3S. The fourth-order valence-corrected chi connectivity index (χ4v) is 5.11. The Morgan fingerprint density at radius 1 is 1.16 bits per heavy atom. The Labute approximate surface area is 185 Å². The highest BCUT2D eigenvalue weighted by Crippen LogP contribution is 2.35. The van der Waals surface area contributed by atoms with E-state index in [1.54, 1.807) is 23.3 Å². The molecule has 7 heteroatoms. The zero-order chi connectivity index (χ0) is 21.2. The van der Waals surface area contributed by atoms with Crippen LogP contribution < -0.4 is 14.8 Å². The maximum absolute atomic E-state index is 12.5. The first-order valence-corrected chi connectivity index (χ1v) is 11.5. The van der Waals surface area contributed by atoms with Crippen molar-refractivity contribution in [3.63, 3.8) is 0 Å². The van der Waals surface area contributed by atoms with E-state index < -0.39 is 0 Å². The van der Waals surface area contributed by atoms with Gasteiger partial charge in [0.2, 0.25) is 0 Å². The smallest absolute Gasteiger partial charge is 0.322 e. The van der Waals surface area contributed by atoms with Crippen LogP contribution in [0.25, 0.3) is 15.8 Å². The highest BCUT2D eigenvalue weighted by molar-refractivity contribution is 7.18. The Kier molecular flexibility index (Phi) is 5.51. The van der Waals surface area contributed by atoms with Gasteiger partial charge in [-0.3, -0.25) is 4.90 Å². The number of methoxy groups -OCH3 is 1. The van der Waals surface area contributed by atoms with E-state index in [0.29, 0.717) is 13.1 Å². The summed E-state index contributed by atoms with van der Waals surface area (Å²) in [6.07, 6.45) is 6.77. The highest BCUT2D eigenvalue weighted by Gasteiger charge is 2.23. The van der Waals surface area contributed by atoms with Crippen molar-refractivity contribution in [1.29, 1.82) is 0 Å². The molecule has 2 heterocycles. The number of hydrogen-bond acceptors (Lipinski definition) is 5. The number of benzene rings is 2. The summed E-state index contributed by atoms with van der Waals surface area (Å²) in [4.78, 5) is 18.8. The Morgan fingerprint density at radius 2 is 2.00 bits per heavy atom. The normalized spacial score (nSPS) is 17.0. The molecule has 1 N–H and O–H groups in total. The minimum Gasteiger partial charge on any atom is -0.493 e. The monoisotopic (exact) mass is 435 g/mol. The topological polar surface area (TPSA) is 63.7 Å². The molecular weight excluding hydrogens is 410 g/mol. The molecule has 1 aromatic heterocycles. The predicted molar refractivity (Wildman–Crippen MR) is 122 cm³/mol. The number of nitrogens with zero attached hydrogens (tertiary/aromatic N) is 2. The third kappa shape index (κ3) is 4.23. The van der Waals surface area contributed by atoms with Crippen LogP contribution in [0.2, 0.25) is 0 Å². The van der Waals surface area contributed by atoms with Crippen LogP contribution in [0.4, 0.5) is 4.79 Å². The third-order valence-corrected chi connectivity index (χ3v) is 6.80. The number of fused-ring (bicyclic) bond motifs is 1. The third-order valence-electron chi connectivity index (χ3n) is 5.78. The molecule has 2 amide bonds. The minimum absolute atomic E-state index is 0.112. The number of carbonyl (C=O) groups excluding carboxylic acids is 1. The summed E-state index contributed by atoms with van der Waals surface area (Å²) >= 11 is 1.62. The lowest BCUT2D eigenvalue weighted by atomic mass is 10.0. The van der Waals surface area contributed by atoms with Crippen LogP contribution >= 0.6 is 11.3 Å². The van der Waals surface area contributed by atoms with E-state index in [2.05, 4.69) is 16.4 Å². The SMILES string of the molecule is COc1ccc(C2=CN(Cc3nc4ccccc4s3)C(=O)NC2)cc1OC1CCCC1. The average molecular weight is 436 g/mol. The molecule has 5 rings (SSSR count).